The van der Waals surface area contributed by atoms with Crippen molar-refractivity contribution >= 4 is 40.5 Å². The van der Waals surface area contributed by atoms with Gasteiger partial charge in [-0.25, -0.2) is 9.59 Å². The normalized spacial score (nSPS) is 12.0. The summed E-state index contributed by atoms with van der Waals surface area (Å²) in [6.07, 6.45) is -1.20. The number of primary amides is 1. The van der Waals surface area contributed by atoms with E-state index in [1.165, 1.54) is 6.92 Å². The number of nitrogens with one attached hydrogen (secondary N) is 1. The number of carbonyl (C=O) groups is 3. The minimum Gasteiger partial charge on any atom is -0.449 e. The highest BCUT2D eigenvalue weighted by atomic mass is 35.5. The Morgan fingerprint density at radius 2 is 2.05 bits per heavy atom. The molecule has 0 fully saturated rings. The van der Waals surface area contributed by atoms with Crippen molar-refractivity contribution in [2.45, 2.75) is 20.0 Å². The number of carbonyl (C=O) groups excluding carboxylic acids is 3. The Hall–Kier alpha value is -2.54. The molecule has 3 amide bonds. The summed E-state index contributed by atoms with van der Waals surface area (Å²) in [4.78, 5) is 34.2. The first-order valence-electron chi connectivity index (χ1n) is 6.29. The Morgan fingerprint density at radius 1 is 1.36 bits per heavy atom. The Labute approximate surface area is 130 Å². The van der Waals surface area contributed by atoms with Gasteiger partial charge in [-0.1, -0.05) is 11.6 Å². The van der Waals surface area contributed by atoms with Crippen molar-refractivity contribution in [3.05, 3.63) is 34.5 Å². The fraction of sp³-hybridized carbons (Fsp3) is 0.214. The van der Waals surface area contributed by atoms with Crippen LogP contribution < -0.4 is 11.1 Å². The summed E-state index contributed by atoms with van der Waals surface area (Å²) in [6, 6.07) is 3.90. The molecule has 0 aliphatic heterocycles. The fourth-order valence-electron chi connectivity index (χ4n) is 1.88. The number of nitrogens with two attached hydrogens (primary N) is 1. The highest BCUT2D eigenvalue weighted by Crippen LogP contribution is 2.28. The van der Waals surface area contributed by atoms with Gasteiger partial charge in [0.05, 0.1) is 0 Å². The van der Waals surface area contributed by atoms with Gasteiger partial charge in [0.1, 0.15) is 5.58 Å². The monoisotopic (exact) mass is 324 g/mol. The highest BCUT2D eigenvalue weighted by molar-refractivity contribution is 6.31. The maximum atomic E-state index is 12.1. The van der Waals surface area contributed by atoms with Crippen LogP contribution in [-0.2, 0) is 9.53 Å². The number of esters is 1. The molecule has 2 aromatic rings. The van der Waals surface area contributed by atoms with Crippen LogP contribution in [-0.4, -0.2) is 24.0 Å². The van der Waals surface area contributed by atoms with Crippen molar-refractivity contribution in [1.29, 1.82) is 0 Å². The van der Waals surface area contributed by atoms with E-state index >= 15 is 0 Å². The van der Waals surface area contributed by atoms with Gasteiger partial charge in [0.25, 0.3) is 5.91 Å². The van der Waals surface area contributed by atoms with Crippen molar-refractivity contribution in [2.24, 2.45) is 5.73 Å². The zero-order valence-corrected chi connectivity index (χ0v) is 12.6. The van der Waals surface area contributed by atoms with Gasteiger partial charge in [-0.05, 0) is 32.0 Å². The minimum absolute atomic E-state index is 0.0315. The number of hydrogen-bond acceptors (Lipinski definition) is 5. The molecule has 0 unspecified atom stereocenters. The lowest BCUT2D eigenvalue weighted by Gasteiger charge is -2.10. The summed E-state index contributed by atoms with van der Waals surface area (Å²) < 4.78 is 10.4. The van der Waals surface area contributed by atoms with E-state index in [1.54, 1.807) is 25.1 Å². The van der Waals surface area contributed by atoms with E-state index in [9.17, 15) is 14.4 Å². The van der Waals surface area contributed by atoms with E-state index in [1.807, 2.05) is 5.32 Å². The molecule has 0 bridgehead atoms. The maximum absolute atomic E-state index is 12.1. The Kier molecular flexibility index (Phi) is 4.37. The lowest BCUT2D eigenvalue weighted by Crippen LogP contribution is -2.42. The average molecular weight is 325 g/mol. The van der Waals surface area contributed by atoms with Crippen LogP contribution in [0.3, 0.4) is 0 Å². The van der Waals surface area contributed by atoms with Gasteiger partial charge >= 0.3 is 12.0 Å². The summed E-state index contributed by atoms with van der Waals surface area (Å²) in [5, 5.41) is 3.00. The van der Waals surface area contributed by atoms with E-state index in [2.05, 4.69) is 0 Å². The van der Waals surface area contributed by atoms with E-state index in [0.29, 0.717) is 21.6 Å². The number of rotatable bonds is 3. The largest absolute Gasteiger partial charge is 0.449 e. The number of amides is 3. The average Bonchev–Trinajstić information content (AvgIpc) is 2.75. The second-order valence-electron chi connectivity index (χ2n) is 4.60. The number of fused-ring (bicyclic) bond motifs is 1. The molecule has 1 atom stereocenters. The second-order valence-corrected chi connectivity index (χ2v) is 5.03. The van der Waals surface area contributed by atoms with Crippen LogP contribution in [0.4, 0.5) is 4.79 Å². The summed E-state index contributed by atoms with van der Waals surface area (Å²) in [5.74, 6) is -1.68. The number of halogens is 1. The van der Waals surface area contributed by atoms with E-state index in [0.717, 1.165) is 0 Å². The number of imide groups is 1. The molecule has 8 heteroatoms. The first kappa shape index (κ1) is 15.8. The van der Waals surface area contributed by atoms with Gasteiger partial charge < -0.3 is 14.9 Å². The quantitative estimate of drug-likeness (QED) is 0.840. The lowest BCUT2D eigenvalue weighted by atomic mass is 10.1. The van der Waals surface area contributed by atoms with Crippen LogP contribution >= 0.6 is 11.6 Å². The summed E-state index contributed by atoms with van der Waals surface area (Å²) in [7, 11) is 0. The minimum atomic E-state index is -1.20. The van der Waals surface area contributed by atoms with Crippen molar-refractivity contribution in [1.82, 2.24) is 5.32 Å². The standard InChI is InChI=1S/C14H13ClN2O5/c1-6-9-5-8(15)3-4-10(9)22-11(6)13(19)21-7(2)12(18)17-14(16)20/h3-5,7H,1-2H3,(H3,16,17,18,20)/t7-/m0/s1. The molecule has 7 nitrogen and oxygen atoms in total. The van der Waals surface area contributed by atoms with Gasteiger partial charge in [0, 0.05) is 16.0 Å². The predicted molar refractivity (Wildman–Crippen MR) is 78.6 cm³/mol. The molecule has 1 aromatic carbocycles. The van der Waals surface area contributed by atoms with Crippen LogP contribution in [0.2, 0.25) is 5.02 Å². The molecule has 0 spiro atoms. The summed E-state index contributed by atoms with van der Waals surface area (Å²) >= 11 is 5.90. The zero-order chi connectivity index (χ0) is 16.4. The molecule has 0 saturated carbocycles. The smallest absolute Gasteiger partial charge is 0.375 e. The summed E-state index contributed by atoms with van der Waals surface area (Å²) in [6.45, 7) is 2.98. The Morgan fingerprint density at radius 3 is 2.68 bits per heavy atom. The van der Waals surface area contributed by atoms with Crippen LogP contribution in [0.5, 0.6) is 0 Å². The van der Waals surface area contributed by atoms with Gasteiger partial charge in [-0.3, -0.25) is 10.1 Å². The maximum Gasteiger partial charge on any atom is 0.375 e. The van der Waals surface area contributed by atoms with Crippen LogP contribution in [0.15, 0.2) is 22.6 Å². The molecular weight excluding hydrogens is 312 g/mol. The van der Waals surface area contributed by atoms with Gasteiger partial charge in [0.15, 0.2) is 6.10 Å². The third-order valence-electron chi connectivity index (χ3n) is 2.98. The number of aryl methyl sites for hydroxylation is 1. The van der Waals surface area contributed by atoms with Crippen molar-refractivity contribution in [3.63, 3.8) is 0 Å². The molecule has 0 aliphatic carbocycles. The molecule has 0 radical (unpaired) electrons. The van der Waals surface area contributed by atoms with Crippen molar-refractivity contribution in [3.8, 4) is 0 Å². The number of urea groups is 1. The van der Waals surface area contributed by atoms with Crippen LogP contribution in [0.25, 0.3) is 11.0 Å². The topological polar surface area (TPSA) is 112 Å². The lowest BCUT2D eigenvalue weighted by molar-refractivity contribution is -0.127. The van der Waals surface area contributed by atoms with E-state index < -0.39 is 24.0 Å². The predicted octanol–water partition coefficient (Wildman–Crippen LogP) is 2.13. The zero-order valence-electron chi connectivity index (χ0n) is 11.8. The molecule has 3 N–H and O–H groups in total. The number of hydrogen-bond donors (Lipinski definition) is 2. The fourth-order valence-corrected chi connectivity index (χ4v) is 2.05. The van der Waals surface area contributed by atoms with Crippen molar-refractivity contribution in [2.75, 3.05) is 0 Å². The first-order valence-corrected chi connectivity index (χ1v) is 6.67. The Bertz CT molecular complexity index is 768. The number of benzene rings is 1. The van der Waals surface area contributed by atoms with Gasteiger partial charge in [0.2, 0.25) is 5.76 Å². The molecule has 1 aromatic heterocycles. The third kappa shape index (κ3) is 3.20. The van der Waals surface area contributed by atoms with E-state index in [4.69, 9.17) is 26.5 Å². The van der Waals surface area contributed by atoms with Gasteiger partial charge in [-0.15, -0.1) is 0 Å². The van der Waals surface area contributed by atoms with Crippen LogP contribution in [0.1, 0.15) is 23.0 Å². The molecule has 0 aliphatic rings. The van der Waals surface area contributed by atoms with Crippen LogP contribution in [0, 0.1) is 6.92 Å². The molecule has 1 heterocycles. The molecular formula is C14H13ClN2O5. The molecule has 0 saturated heterocycles. The molecule has 116 valence electrons. The highest BCUT2D eigenvalue weighted by Gasteiger charge is 2.24. The van der Waals surface area contributed by atoms with E-state index in [-0.39, 0.29) is 5.76 Å². The van der Waals surface area contributed by atoms with Crippen molar-refractivity contribution < 1.29 is 23.5 Å². The SMILES string of the molecule is Cc1c(C(=O)O[C@@H](C)C(=O)NC(N)=O)oc2ccc(Cl)cc12. The first-order chi connectivity index (χ1) is 10.3. The Balaban J connectivity index is 2.21. The number of ether oxygens (including phenoxy) is 1. The molecule has 2 rings (SSSR count). The third-order valence-corrected chi connectivity index (χ3v) is 3.22. The number of furan rings is 1. The molecule has 22 heavy (non-hydrogen) atoms. The van der Waals surface area contributed by atoms with Gasteiger partial charge in [-0.2, -0.15) is 0 Å². The second kappa shape index (κ2) is 6.07. The summed E-state index contributed by atoms with van der Waals surface area (Å²) in [5.41, 5.74) is 5.84.